The van der Waals surface area contributed by atoms with Gasteiger partial charge in [-0.05, 0) is 53.1 Å². The van der Waals surface area contributed by atoms with Crippen LogP contribution in [0.4, 0.5) is 14.5 Å². The summed E-state index contributed by atoms with van der Waals surface area (Å²) < 4.78 is 31.8. The lowest BCUT2D eigenvalue weighted by molar-refractivity contribution is 0.0601. The van der Waals surface area contributed by atoms with Crippen molar-refractivity contribution < 1.29 is 33.0 Å². The van der Waals surface area contributed by atoms with Crippen LogP contribution in [0.15, 0.2) is 54.6 Å². The first-order valence-electron chi connectivity index (χ1n) is 9.16. The number of ether oxygens (including phenoxy) is 1. The Labute approximate surface area is 175 Å². The average molecular weight is 423 g/mol. The highest BCUT2D eigenvalue weighted by Crippen LogP contribution is 2.35. The van der Waals surface area contributed by atoms with E-state index in [1.165, 1.54) is 42.5 Å². The molecule has 156 valence electrons. The minimum absolute atomic E-state index is 0.0502. The summed E-state index contributed by atoms with van der Waals surface area (Å²) in [7, 11) is 1.16. The second-order valence-corrected chi connectivity index (χ2v) is 6.84. The number of nitrogens with zero attached hydrogens (tertiary/aromatic N) is 1. The Bertz CT molecular complexity index is 1250. The fraction of sp³-hybridized carbons (Fsp3) is 0.0870. The van der Waals surface area contributed by atoms with Gasteiger partial charge in [0.1, 0.15) is 0 Å². The second-order valence-electron chi connectivity index (χ2n) is 6.84. The highest BCUT2D eigenvalue weighted by molar-refractivity contribution is 6.35. The molecule has 1 N–H and O–H groups in total. The van der Waals surface area contributed by atoms with Crippen molar-refractivity contribution in [3.63, 3.8) is 0 Å². The molecule has 0 fully saturated rings. The molecule has 1 aliphatic heterocycles. The molecule has 1 heterocycles. The first-order valence-corrected chi connectivity index (χ1v) is 9.16. The molecule has 0 aromatic heterocycles. The number of fused-ring (bicyclic) bond motifs is 1. The molecule has 6 nitrogen and oxygen atoms in total. The van der Waals surface area contributed by atoms with E-state index < -0.39 is 29.4 Å². The quantitative estimate of drug-likeness (QED) is 0.511. The zero-order valence-electron chi connectivity index (χ0n) is 16.2. The van der Waals surface area contributed by atoms with Gasteiger partial charge in [0, 0.05) is 0 Å². The van der Waals surface area contributed by atoms with E-state index in [9.17, 15) is 28.3 Å². The maximum Gasteiger partial charge on any atom is 0.339 e. The zero-order valence-corrected chi connectivity index (χ0v) is 16.2. The fourth-order valence-corrected chi connectivity index (χ4v) is 3.46. The smallest absolute Gasteiger partial charge is 0.339 e. The number of rotatable bonds is 4. The van der Waals surface area contributed by atoms with Crippen molar-refractivity contribution in [2.24, 2.45) is 0 Å². The summed E-state index contributed by atoms with van der Waals surface area (Å²) in [5.74, 6) is -4.19. The van der Waals surface area contributed by atoms with Gasteiger partial charge >= 0.3 is 5.97 Å². The number of aliphatic hydroxyl groups excluding tert-OH is 1. The van der Waals surface area contributed by atoms with E-state index in [1.54, 1.807) is 0 Å². The summed E-state index contributed by atoms with van der Waals surface area (Å²) in [4.78, 5) is 39.2. The van der Waals surface area contributed by atoms with Gasteiger partial charge in [0.25, 0.3) is 11.8 Å². The van der Waals surface area contributed by atoms with Gasteiger partial charge < -0.3 is 9.84 Å². The lowest BCUT2D eigenvalue weighted by Gasteiger charge is -2.18. The van der Waals surface area contributed by atoms with E-state index in [-0.39, 0.29) is 34.5 Å². The Balaban J connectivity index is 1.88. The van der Waals surface area contributed by atoms with Gasteiger partial charge in [-0.15, -0.1) is 0 Å². The molecule has 0 spiro atoms. The van der Waals surface area contributed by atoms with Crippen molar-refractivity contribution in [2.75, 3.05) is 12.0 Å². The molecule has 0 radical (unpaired) electrons. The lowest BCUT2D eigenvalue weighted by atomic mass is 10.0. The highest BCUT2D eigenvalue weighted by atomic mass is 19.2. The molecule has 0 bridgehead atoms. The van der Waals surface area contributed by atoms with Gasteiger partial charge in [0.05, 0.1) is 36.1 Å². The van der Waals surface area contributed by atoms with Crippen LogP contribution in [0.3, 0.4) is 0 Å². The van der Waals surface area contributed by atoms with Crippen LogP contribution in [0.2, 0.25) is 0 Å². The Morgan fingerprint density at radius 2 is 1.58 bits per heavy atom. The Morgan fingerprint density at radius 3 is 2.26 bits per heavy atom. The fourth-order valence-electron chi connectivity index (χ4n) is 3.46. The van der Waals surface area contributed by atoms with Gasteiger partial charge in [-0.25, -0.2) is 18.5 Å². The summed E-state index contributed by atoms with van der Waals surface area (Å²) in [6.45, 7) is -0.312. The third kappa shape index (κ3) is 3.36. The van der Waals surface area contributed by atoms with E-state index in [0.717, 1.165) is 24.1 Å². The minimum Gasteiger partial charge on any atom is -0.465 e. The standard InChI is InChI=1S/C23H15F2NO5/c1-31-23(30)16-6-3-14(13-4-7-18(24)19(25)9-13)10-20(16)26-21(28)15-5-2-12(11-27)8-17(15)22(26)29/h2-10,27H,11H2,1H3. The number of imide groups is 1. The Kier molecular flexibility index (Phi) is 5.08. The third-order valence-electron chi connectivity index (χ3n) is 5.03. The van der Waals surface area contributed by atoms with Crippen LogP contribution < -0.4 is 4.90 Å². The number of carbonyl (C=O) groups excluding carboxylic acids is 3. The number of aliphatic hydroxyl groups is 1. The van der Waals surface area contributed by atoms with E-state index in [1.807, 2.05) is 0 Å². The molecule has 1 aliphatic rings. The molecule has 3 aromatic carbocycles. The molecule has 0 unspecified atom stereocenters. The number of hydrogen-bond acceptors (Lipinski definition) is 5. The number of esters is 1. The van der Waals surface area contributed by atoms with Crippen LogP contribution in [0, 0.1) is 11.6 Å². The largest absolute Gasteiger partial charge is 0.465 e. The molecule has 0 aliphatic carbocycles. The molecular formula is C23H15F2NO5. The number of hydrogen-bond donors (Lipinski definition) is 1. The summed E-state index contributed by atoms with van der Waals surface area (Å²) in [5, 5.41) is 9.33. The van der Waals surface area contributed by atoms with Gasteiger partial charge in [-0.2, -0.15) is 0 Å². The van der Waals surface area contributed by atoms with Gasteiger partial charge in [0.15, 0.2) is 11.6 Å². The van der Waals surface area contributed by atoms with E-state index in [4.69, 9.17) is 4.74 Å². The van der Waals surface area contributed by atoms with Gasteiger partial charge in [0.2, 0.25) is 0 Å². The third-order valence-corrected chi connectivity index (χ3v) is 5.03. The van der Waals surface area contributed by atoms with Crippen molar-refractivity contribution in [1.29, 1.82) is 0 Å². The molecule has 3 aromatic rings. The molecule has 4 rings (SSSR count). The Hall–Kier alpha value is -3.91. The monoisotopic (exact) mass is 423 g/mol. The van der Waals surface area contributed by atoms with Gasteiger partial charge in [-0.3, -0.25) is 9.59 Å². The van der Waals surface area contributed by atoms with E-state index in [2.05, 4.69) is 0 Å². The van der Waals surface area contributed by atoms with Crippen molar-refractivity contribution in [2.45, 2.75) is 6.61 Å². The molecular weight excluding hydrogens is 408 g/mol. The lowest BCUT2D eigenvalue weighted by Crippen LogP contribution is -2.31. The SMILES string of the molecule is COC(=O)c1ccc(-c2ccc(F)c(F)c2)cc1N1C(=O)c2ccc(CO)cc2C1=O. The number of carbonyl (C=O) groups is 3. The van der Waals surface area contributed by atoms with Crippen molar-refractivity contribution in [3.05, 3.63) is 88.5 Å². The Morgan fingerprint density at radius 1 is 0.903 bits per heavy atom. The molecule has 0 atom stereocenters. The van der Waals surface area contributed by atoms with Crippen LogP contribution in [-0.4, -0.2) is 30.0 Å². The number of anilines is 1. The molecule has 31 heavy (non-hydrogen) atoms. The predicted molar refractivity (Wildman–Crippen MR) is 107 cm³/mol. The molecule has 2 amide bonds. The normalized spacial score (nSPS) is 12.8. The minimum atomic E-state index is -1.06. The van der Waals surface area contributed by atoms with E-state index >= 15 is 0 Å². The molecule has 0 saturated heterocycles. The first kappa shape index (κ1) is 20.4. The second kappa shape index (κ2) is 7.73. The number of amides is 2. The summed E-state index contributed by atoms with van der Waals surface area (Å²) in [6.07, 6.45) is 0. The number of halogens is 2. The van der Waals surface area contributed by atoms with Crippen LogP contribution in [0.5, 0.6) is 0 Å². The van der Waals surface area contributed by atoms with E-state index in [0.29, 0.717) is 11.1 Å². The zero-order chi connectivity index (χ0) is 22.3. The van der Waals surface area contributed by atoms with Crippen LogP contribution >= 0.6 is 0 Å². The molecule has 8 heteroatoms. The number of benzene rings is 3. The summed E-state index contributed by atoms with van der Waals surface area (Å²) >= 11 is 0. The molecule has 0 saturated carbocycles. The van der Waals surface area contributed by atoms with Crippen molar-refractivity contribution in [1.82, 2.24) is 0 Å². The predicted octanol–water partition coefficient (Wildman–Crippen LogP) is 3.71. The van der Waals surface area contributed by atoms with Crippen molar-refractivity contribution in [3.8, 4) is 11.1 Å². The summed E-state index contributed by atoms with van der Waals surface area (Å²) in [6, 6.07) is 11.8. The van der Waals surface area contributed by atoms with Crippen LogP contribution in [0.25, 0.3) is 11.1 Å². The first-order chi connectivity index (χ1) is 14.8. The summed E-state index contributed by atoms with van der Waals surface area (Å²) in [5.41, 5.74) is 1.20. The van der Waals surface area contributed by atoms with Crippen LogP contribution in [-0.2, 0) is 11.3 Å². The van der Waals surface area contributed by atoms with Crippen LogP contribution in [0.1, 0.15) is 36.6 Å². The highest BCUT2D eigenvalue weighted by Gasteiger charge is 2.38. The topological polar surface area (TPSA) is 83.9 Å². The maximum absolute atomic E-state index is 13.7. The average Bonchev–Trinajstić information content (AvgIpc) is 3.04. The maximum atomic E-state index is 13.7. The van der Waals surface area contributed by atoms with Crippen molar-refractivity contribution >= 4 is 23.5 Å². The van der Waals surface area contributed by atoms with Gasteiger partial charge in [-0.1, -0.05) is 18.2 Å². The number of methoxy groups -OCH3 is 1.